The Labute approximate surface area is 111 Å². The third-order valence-corrected chi connectivity index (χ3v) is 3.01. The second-order valence-electron chi connectivity index (χ2n) is 4.15. The normalized spacial score (nSPS) is 10.4. The summed E-state index contributed by atoms with van der Waals surface area (Å²) in [5, 5.41) is 0.626. The quantitative estimate of drug-likeness (QED) is 0.857. The van der Waals surface area contributed by atoms with Crippen molar-refractivity contribution in [2.45, 2.75) is 6.54 Å². The molecule has 2 nitrogen and oxygen atoms in total. The maximum Gasteiger partial charge on any atom is 0.146 e. The molecule has 2 aromatic rings. The molecule has 0 aliphatic carbocycles. The van der Waals surface area contributed by atoms with Gasteiger partial charge in [-0.1, -0.05) is 23.7 Å². The number of anilines is 2. The van der Waals surface area contributed by atoms with Gasteiger partial charge in [0.05, 0.1) is 5.69 Å². The van der Waals surface area contributed by atoms with Crippen molar-refractivity contribution < 1.29 is 4.39 Å². The van der Waals surface area contributed by atoms with Crippen molar-refractivity contribution in [2.24, 2.45) is 0 Å². The van der Waals surface area contributed by atoms with E-state index in [0.717, 1.165) is 5.56 Å². The minimum Gasteiger partial charge on any atom is -0.398 e. The average Bonchev–Trinajstić information content (AvgIpc) is 2.34. The van der Waals surface area contributed by atoms with Crippen LogP contribution in [0.15, 0.2) is 42.5 Å². The fraction of sp³-hybridized carbons (Fsp3) is 0.143. The van der Waals surface area contributed by atoms with E-state index in [-0.39, 0.29) is 5.82 Å². The molecular formula is C14H14ClFN2. The molecule has 0 bridgehead atoms. The lowest BCUT2D eigenvalue weighted by Crippen LogP contribution is -2.18. The minimum absolute atomic E-state index is 0.249. The highest BCUT2D eigenvalue weighted by Crippen LogP contribution is 2.23. The molecule has 0 atom stereocenters. The van der Waals surface area contributed by atoms with Gasteiger partial charge in [-0.25, -0.2) is 4.39 Å². The molecule has 94 valence electrons. The third kappa shape index (κ3) is 2.74. The van der Waals surface area contributed by atoms with Gasteiger partial charge in [0.25, 0.3) is 0 Å². The average molecular weight is 265 g/mol. The van der Waals surface area contributed by atoms with E-state index in [1.165, 1.54) is 6.07 Å². The van der Waals surface area contributed by atoms with Crippen LogP contribution in [0.25, 0.3) is 0 Å². The Kier molecular flexibility index (Phi) is 3.72. The Bertz CT molecular complexity index is 557. The molecule has 4 heteroatoms. The van der Waals surface area contributed by atoms with Crippen LogP contribution in [0.5, 0.6) is 0 Å². The number of rotatable bonds is 3. The molecule has 0 radical (unpaired) electrons. The molecule has 0 aromatic heterocycles. The summed E-state index contributed by atoms with van der Waals surface area (Å²) in [6.07, 6.45) is 0. The number of hydrogen-bond donors (Lipinski definition) is 1. The molecule has 0 spiro atoms. The number of nitrogen functional groups attached to an aromatic ring is 1. The molecule has 0 fully saturated rings. The lowest BCUT2D eigenvalue weighted by molar-refractivity contribution is 0.622. The molecule has 0 heterocycles. The fourth-order valence-electron chi connectivity index (χ4n) is 1.81. The van der Waals surface area contributed by atoms with E-state index in [0.29, 0.717) is 22.9 Å². The standard InChI is InChI=1S/C14H14ClFN2/c1-18(14-5-3-2-4-12(14)16)9-10-8-11(15)6-7-13(10)17/h2-8H,9,17H2,1H3. The molecule has 0 saturated heterocycles. The Morgan fingerprint density at radius 2 is 1.94 bits per heavy atom. The SMILES string of the molecule is CN(Cc1cc(Cl)ccc1N)c1ccccc1F. The molecule has 0 aliphatic rings. The van der Waals surface area contributed by atoms with Crippen molar-refractivity contribution in [3.63, 3.8) is 0 Å². The fourth-order valence-corrected chi connectivity index (χ4v) is 2.01. The molecule has 0 unspecified atom stereocenters. The second-order valence-corrected chi connectivity index (χ2v) is 4.59. The van der Waals surface area contributed by atoms with Gasteiger partial charge in [-0.05, 0) is 35.9 Å². The van der Waals surface area contributed by atoms with Gasteiger partial charge < -0.3 is 10.6 Å². The van der Waals surface area contributed by atoms with Gasteiger partial charge in [-0.3, -0.25) is 0 Å². The number of nitrogens with zero attached hydrogens (tertiary/aromatic N) is 1. The summed E-state index contributed by atoms with van der Waals surface area (Å²) in [7, 11) is 1.82. The van der Waals surface area contributed by atoms with Gasteiger partial charge in [0.2, 0.25) is 0 Å². The van der Waals surface area contributed by atoms with E-state index in [2.05, 4.69) is 0 Å². The topological polar surface area (TPSA) is 29.3 Å². The maximum absolute atomic E-state index is 13.6. The molecule has 0 aliphatic heterocycles. The van der Waals surface area contributed by atoms with Crippen molar-refractivity contribution >= 4 is 23.0 Å². The van der Waals surface area contributed by atoms with E-state index in [4.69, 9.17) is 17.3 Å². The van der Waals surface area contributed by atoms with Crippen LogP contribution in [-0.4, -0.2) is 7.05 Å². The van der Waals surface area contributed by atoms with Gasteiger partial charge >= 0.3 is 0 Å². The lowest BCUT2D eigenvalue weighted by atomic mass is 10.1. The van der Waals surface area contributed by atoms with Crippen LogP contribution < -0.4 is 10.6 Å². The minimum atomic E-state index is -0.249. The summed E-state index contributed by atoms with van der Waals surface area (Å²) in [4.78, 5) is 1.80. The monoisotopic (exact) mass is 264 g/mol. The number of hydrogen-bond acceptors (Lipinski definition) is 2. The van der Waals surface area contributed by atoms with Crippen LogP contribution in [0, 0.1) is 5.82 Å². The van der Waals surface area contributed by atoms with Gasteiger partial charge in [0.1, 0.15) is 5.82 Å². The molecule has 0 amide bonds. The molecule has 18 heavy (non-hydrogen) atoms. The van der Waals surface area contributed by atoms with E-state index in [1.807, 2.05) is 7.05 Å². The second kappa shape index (κ2) is 5.27. The molecule has 2 aromatic carbocycles. The van der Waals surface area contributed by atoms with Crippen molar-refractivity contribution in [2.75, 3.05) is 17.7 Å². The van der Waals surface area contributed by atoms with Gasteiger partial charge in [0.15, 0.2) is 0 Å². The summed E-state index contributed by atoms with van der Waals surface area (Å²) in [5.41, 5.74) is 7.95. The zero-order chi connectivity index (χ0) is 13.1. The first-order valence-electron chi connectivity index (χ1n) is 5.57. The van der Waals surface area contributed by atoms with Crippen LogP contribution in [0.3, 0.4) is 0 Å². The number of para-hydroxylation sites is 1. The van der Waals surface area contributed by atoms with Crippen LogP contribution in [-0.2, 0) is 6.54 Å². The summed E-state index contributed by atoms with van der Waals surface area (Å²) in [5.74, 6) is -0.249. The van der Waals surface area contributed by atoms with E-state index in [1.54, 1.807) is 41.3 Å². The third-order valence-electron chi connectivity index (χ3n) is 2.78. The molecule has 2 rings (SSSR count). The zero-order valence-electron chi connectivity index (χ0n) is 10.0. The Balaban J connectivity index is 2.24. The number of halogens is 2. The summed E-state index contributed by atoms with van der Waals surface area (Å²) in [6.45, 7) is 0.507. The van der Waals surface area contributed by atoms with Gasteiger partial charge in [0, 0.05) is 24.3 Å². The zero-order valence-corrected chi connectivity index (χ0v) is 10.8. The molecule has 2 N–H and O–H groups in total. The van der Waals surface area contributed by atoms with Crippen LogP contribution >= 0.6 is 11.6 Å². The van der Waals surface area contributed by atoms with Crippen molar-refractivity contribution in [1.82, 2.24) is 0 Å². The maximum atomic E-state index is 13.6. The smallest absolute Gasteiger partial charge is 0.146 e. The highest BCUT2D eigenvalue weighted by Gasteiger charge is 2.09. The van der Waals surface area contributed by atoms with Gasteiger partial charge in [-0.15, -0.1) is 0 Å². The largest absolute Gasteiger partial charge is 0.398 e. The summed E-state index contributed by atoms with van der Waals surface area (Å²) >= 11 is 5.93. The molecular weight excluding hydrogens is 251 g/mol. The molecule has 0 saturated carbocycles. The van der Waals surface area contributed by atoms with Gasteiger partial charge in [-0.2, -0.15) is 0 Å². The summed E-state index contributed by atoms with van der Waals surface area (Å²) in [6, 6.07) is 11.9. The predicted octanol–water partition coefficient (Wildman–Crippen LogP) is 3.70. The first kappa shape index (κ1) is 12.7. The van der Waals surface area contributed by atoms with Crippen molar-refractivity contribution in [3.8, 4) is 0 Å². The van der Waals surface area contributed by atoms with E-state index >= 15 is 0 Å². The first-order chi connectivity index (χ1) is 8.58. The van der Waals surface area contributed by atoms with Crippen LogP contribution in [0.1, 0.15) is 5.56 Å². The Hall–Kier alpha value is -1.74. The number of nitrogens with two attached hydrogens (primary N) is 1. The Morgan fingerprint density at radius 3 is 2.67 bits per heavy atom. The summed E-state index contributed by atoms with van der Waals surface area (Å²) < 4.78 is 13.6. The van der Waals surface area contributed by atoms with Crippen molar-refractivity contribution in [1.29, 1.82) is 0 Å². The van der Waals surface area contributed by atoms with Crippen LogP contribution in [0.4, 0.5) is 15.8 Å². The highest BCUT2D eigenvalue weighted by molar-refractivity contribution is 6.30. The van der Waals surface area contributed by atoms with E-state index < -0.39 is 0 Å². The lowest BCUT2D eigenvalue weighted by Gasteiger charge is -2.21. The number of benzene rings is 2. The predicted molar refractivity (Wildman–Crippen MR) is 74.4 cm³/mol. The highest BCUT2D eigenvalue weighted by atomic mass is 35.5. The Morgan fingerprint density at radius 1 is 1.22 bits per heavy atom. The van der Waals surface area contributed by atoms with E-state index in [9.17, 15) is 4.39 Å². The van der Waals surface area contributed by atoms with Crippen LogP contribution in [0.2, 0.25) is 5.02 Å². The first-order valence-corrected chi connectivity index (χ1v) is 5.95. The van der Waals surface area contributed by atoms with Crippen molar-refractivity contribution in [3.05, 3.63) is 58.9 Å².